The lowest BCUT2D eigenvalue weighted by Crippen LogP contribution is -2.30. The van der Waals surface area contributed by atoms with Crippen LogP contribution in [0.25, 0.3) is 11.4 Å². The molecule has 124 valence electrons. The molecule has 2 aromatic heterocycles. The average Bonchev–Trinajstić information content (AvgIpc) is 3.06. The highest BCUT2D eigenvalue weighted by atomic mass is 16.4. The molecule has 0 spiro atoms. The summed E-state index contributed by atoms with van der Waals surface area (Å²) in [5.74, 6) is 5.85. The molecular weight excluding hydrogens is 292 g/mol. The monoisotopic (exact) mass is 316 g/mol. The van der Waals surface area contributed by atoms with Crippen molar-refractivity contribution in [2.24, 2.45) is 16.6 Å². The van der Waals surface area contributed by atoms with E-state index in [2.05, 4.69) is 21.9 Å². The SMILES string of the molecule is CCCCCCN(N)C=Nc1nc(-c2cccc(CN)n2)co1. The van der Waals surface area contributed by atoms with Crippen LogP contribution < -0.4 is 11.6 Å². The second kappa shape index (κ2) is 9.02. The largest absolute Gasteiger partial charge is 0.430 e. The van der Waals surface area contributed by atoms with E-state index in [1.807, 2.05) is 18.2 Å². The van der Waals surface area contributed by atoms with Crippen LogP contribution in [-0.2, 0) is 6.54 Å². The molecule has 0 amide bonds. The van der Waals surface area contributed by atoms with Crippen molar-refractivity contribution in [3.63, 3.8) is 0 Å². The Morgan fingerprint density at radius 2 is 2.09 bits per heavy atom. The van der Waals surface area contributed by atoms with E-state index in [-0.39, 0.29) is 6.01 Å². The van der Waals surface area contributed by atoms with Gasteiger partial charge in [0, 0.05) is 13.1 Å². The second-order valence-electron chi connectivity index (χ2n) is 5.28. The minimum absolute atomic E-state index is 0.254. The lowest BCUT2D eigenvalue weighted by molar-refractivity contribution is 0.428. The van der Waals surface area contributed by atoms with Crippen LogP contribution in [0.2, 0.25) is 0 Å². The number of hydrogen-bond acceptors (Lipinski definition) is 6. The molecule has 0 saturated carbocycles. The maximum atomic E-state index is 5.85. The van der Waals surface area contributed by atoms with E-state index in [1.54, 1.807) is 5.01 Å². The minimum atomic E-state index is 0.254. The van der Waals surface area contributed by atoms with E-state index in [0.717, 1.165) is 18.7 Å². The first-order chi connectivity index (χ1) is 11.2. The van der Waals surface area contributed by atoms with Gasteiger partial charge in [-0.2, -0.15) is 9.98 Å². The number of unbranched alkanes of at least 4 members (excludes halogenated alkanes) is 3. The van der Waals surface area contributed by atoms with E-state index in [1.165, 1.54) is 31.9 Å². The Hall–Kier alpha value is -2.25. The molecule has 2 aromatic rings. The molecule has 4 N–H and O–H groups in total. The first kappa shape index (κ1) is 17.1. The summed E-state index contributed by atoms with van der Waals surface area (Å²) in [6.45, 7) is 3.33. The van der Waals surface area contributed by atoms with Crippen molar-refractivity contribution in [1.29, 1.82) is 0 Å². The number of hydrogen-bond donors (Lipinski definition) is 2. The topological polar surface area (TPSA) is 107 Å². The predicted octanol–water partition coefficient (Wildman–Crippen LogP) is 2.61. The zero-order valence-electron chi connectivity index (χ0n) is 13.5. The van der Waals surface area contributed by atoms with Crippen LogP contribution in [0, 0.1) is 0 Å². The third-order valence-corrected chi connectivity index (χ3v) is 3.36. The molecule has 2 rings (SSSR count). The zero-order chi connectivity index (χ0) is 16.5. The molecule has 0 atom stereocenters. The fraction of sp³-hybridized carbons (Fsp3) is 0.438. The van der Waals surface area contributed by atoms with Crippen molar-refractivity contribution < 1.29 is 4.42 Å². The van der Waals surface area contributed by atoms with Crippen LogP contribution in [0.5, 0.6) is 0 Å². The average molecular weight is 316 g/mol. The third-order valence-electron chi connectivity index (χ3n) is 3.36. The van der Waals surface area contributed by atoms with Crippen molar-refractivity contribution in [2.75, 3.05) is 6.54 Å². The maximum Gasteiger partial charge on any atom is 0.323 e. The number of pyridine rings is 1. The summed E-state index contributed by atoms with van der Waals surface area (Å²) in [4.78, 5) is 12.8. The Labute approximate surface area is 136 Å². The highest BCUT2D eigenvalue weighted by molar-refractivity contribution is 5.59. The quantitative estimate of drug-likeness (QED) is 0.242. The lowest BCUT2D eigenvalue weighted by atomic mass is 10.2. The van der Waals surface area contributed by atoms with Gasteiger partial charge in [-0.3, -0.25) is 0 Å². The van der Waals surface area contributed by atoms with Gasteiger partial charge in [-0.1, -0.05) is 32.3 Å². The molecule has 0 fully saturated rings. The van der Waals surface area contributed by atoms with Gasteiger partial charge in [-0.25, -0.2) is 10.8 Å². The van der Waals surface area contributed by atoms with Gasteiger partial charge in [0.15, 0.2) is 0 Å². The molecule has 23 heavy (non-hydrogen) atoms. The van der Waals surface area contributed by atoms with Crippen LogP contribution in [0.1, 0.15) is 38.3 Å². The van der Waals surface area contributed by atoms with E-state index in [9.17, 15) is 0 Å². The van der Waals surface area contributed by atoms with Gasteiger partial charge in [-0.05, 0) is 18.6 Å². The van der Waals surface area contributed by atoms with Crippen LogP contribution in [-0.4, -0.2) is 27.9 Å². The normalized spacial score (nSPS) is 11.3. The molecule has 0 radical (unpaired) electrons. The van der Waals surface area contributed by atoms with E-state index < -0.39 is 0 Å². The standard InChI is InChI=1S/C16H24N6O/c1-2-3-4-5-9-22(18)12-19-16-21-15(11-23-16)14-8-6-7-13(10-17)20-14/h6-8,11-12H,2-5,9-10,17-18H2,1H3. The summed E-state index contributed by atoms with van der Waals surface area (Å²) in [7, 11) is 0. The van der Waals surface area contributed by atoms with Gasteiger partial charge in [0.05, 0.1) is 11.4 Å². The number of nitrogens with zero attached hydrogens (tertiary/aromatic N) is 4. The van der Waals surface area contributed by atoms with Crippen LogP contribution in [0.4, 0.5) is 6.01 Å². The molecular formula is C16H24N6O. The van der Waals surface area contributed by atoms with Crippen LogP contribution in [0.15, 0.2) is 33.9 Å². The van der Waals surface area contributed by atoms with Gasteiger partial charge in [0.1, 0.15) is 18.3 Å². The highest BCUT2D eigenvalue weighted by Crippen LogP contribution is 2.20. The summed E-state index contributed by atoms with van der Waals surface area (Å²) >= 11 is 0. The Balaban J connectivity index is 1.92. The summed E-state index contributed by atoms with van der Waals surface area (Å²) in [6.07, 6.45) is 7.70. The molecule has 7 nitrogen and oxygen atoms in total. The predicted molar refractivity (Wildman–Crippen MR) is 90.8 cm³/mol. The first-order valence-electron chi connectivity index (χ1n) is 7.90. The summed E-state index contributed by atoms with van der Waals surface area (Å²) in [6, 6.07) is 5.87. The fourth-order valence-corrected chi connectivity index (χ4v) is 2.08. The van der Waals surface area contributed by atoms with Gasteiger partial charge >= 0.3 is 6.01 Å². The van der Waals surface area contributed by atoms with Crippen LogP contribution >= 0.6 is 0 Å². The van der Waals surface area contributed by atoms with E-state index in [4.69, 9.17) is 16.0 Å². The number of aliphatic imine (C=N–C) groups is 1. The fourth-order valence-electron chi connectivity index (χ4n) is 2.08. The summed E-state index contributed by atoms with van der Waals surface area (Å²) < 4.78 is 5.32. The Bertz CT molecular complexity index is 625. The molecule has 2 heterocycles. The van der Waals surface area contributed by atoms with Gasteiger partial charge < -0.3 is 15.2 Å². The first-order valence-corrected chi connectivity index (χ1v) is 7.90. The third kappa shape index (κ3) is 5.46. The zero-order valence-corrected chi connectivity index (χ0v) is 13.5. The molecule has 0 aliphatic rings. The highest BCUT2D eigenvalue weighted by Gasteiger charge is 2.07. The molecule has 0 aromatic carbocycles. The van der Waals surface area contributed by atoms with Crippen LogP contribution in [0.3, 0.4) is 0 Å². The number of aromatic nitrogens is 2. The number of rotatable bonds is 9. The Morgan fingerprint density at radius 1 is 1.22 bits per heavy atom. The van der Waals surface area contributed by atoms with E-state index in [0.29, 0.717) is 17.9 Å². The molecule has 0 unspecified atom stereocenters. The van der Waals surface area contributed by atoms with Gasteiger partial charge in [0.2, 0.25) is 0 Å². The second-order valence-corrected chi connectivity index (χ2v) is 5.28. The Morgan fingerprint density at radius 3 is 2.87 bits per heavy atom. The van der Waals surface area contributed by atoms with Crippen molar-refractivity contribution in [1.82, 2.24) is 15.0 Å². The summed E-state index contributed by atoms with van der Waals surface area (Å²) in [5, 5.41) is 1.55. The lowest BCUT2D eigenvalue weighted by Gasteiger charge is -2.11. The molecule has 0 bridgehead atoms. The molecule has 7 heteroatoms. The number of hydrazine groups is 1. The van der Waals surface area contributed by atoms with Crippen molar-refractivity contribution >= 4 is 12.4 Å². The summed E-state index contributed by atoms with van der Waals surface area (Å²) in [5.41, 5.74) is 7.73. The number of nitrogens with two attached hydrogens (primary N) is 2. The maximum absolute atomic E-state index is 5.85. The van der Waals surface area contributed by atoms with Crippen molar-refractivity contribution in [3.05, 3.63) is 30.2 Å². The molecule has 0 saturated heterocycles. The number of oxazole rings is 1. The van der Waals surface area contributed by atoms with Gasteiger partial charge in [-0.15, -0.1) is 0 Å². The smallest absolute Gasteiger partial charge is 0.323 e. The molecule has 0 aliphatic heterocycles. The van der Waals surface area contributed by atoms with E-state index >= 15 is 0 Å². The van der Waals surface area contributed by atoms with Crippen molar-refractivity contribution in [3.8, 4) is 11.4 Å². The van der Waals surface area contributed by atoms with Crippen molar-refractivity contribution in [2.45, 2.75) is 39.2 Å². The Kier molecular flexibility index (Phi) is 6.71. The van der Waals surface area contributed by atoms with Gasteiger partial charge in [0.25, 0.3) is 0 Å². The molecule has 0 aliphatic carbocycles. The minimum Gasteiger partial charge on any atom is -0.430 e.